The molecule has 0 radical (unpaired) electrons. The van der Waals surface area contributed by atoms with Crippen molar-refractivity contribution in [1.82, 2.24) is 4.98 Å². The second-order valence-corrected chi connectivity index (χ2v) is 6.59. The summed E-state index contributed by atoms with van der Waals surface area (Å²) in [6, 6.07) is 12.2. The maximum Gasteiger partial charge on any atom is 0.417 e. The SMILES string of the molecule is O=C(Nc1ccc2oc(=O)[nH]c2c1)c1cccc(OC2CCCCC2)c1. The van der Waals surface area contributed by atoms with E-state index >= 15 is 0 Å². The predicted octanol–water partition coefficient (Wildman–Crippen LogP) is 4.08. The number of carbonyl (C=O) groups excluding carboxylic acids is 1. The van der Waals surface area contributed by atoms with Crippen LogP contribution in [0.4, 0.5) is 5.69 Å². The maximum atomic E-state index is 12.5. The first-order valence-electron chi connectivity index (χ1n) is 8.88. The van der Waals surface area contributed by atoms with Crippen molar-refractivity contribution >= 4 is 22.7 Å². The van der Waals surface area contributed by atoms with Crippen LogP contribution in [0, 0.1) is 0 Å². The Balaban J connectivity index is 1.48. The van der Waals surface area contributed by atoms with E-state index in [1.807, 2.05) is 12.1 Å². The molecule has 1 aliphatic rings. The van der Waals surface area contributed by atoms with E-state index in [1.54, 1.807) is 30.3 Å². The molecule has 1 amide bonds. The van der Waals surface area contributed by atoms with Crippen molar-refractivity contribution in [2.75, 3.05) is 5.32 Å². The standard InChI is InChI=1S/C20H20N2O4/c23-19(21-14-9-10-18-17(12-14)22-20(24)26-18)13-5-4-8-16(11-13)25-15-6-2-1-3-7-15/h4-5,8-12,15H,1-3,6-7H2,(H,21,23)(H,22,24). The molecule has 1 saturated carbocycles. The zero-order valence-electron chi connectivity index (χ0n) is 14.3. The molecule has 1 fully saturated rings. The predicted molar refractivity (Wildman–Crippen MR) is 98.7 cm³/mol. The van der Waals surface area contributed by atoms with E-state index in [-0.39, 0.29) is 12.0 Å². The average molecular weight is 352 g/mol. The zero-order chi connectivity index (χ0) is 17.9. The fourth-order valence-electron chi connectivity index (χ4n) is 3.32. The Bertz CT molecular complexity index is 983. The van der Waals surface area contributed by atoms with Gasteiger partial charge in [0.15, 0.2) is 5.58 Å². The van der Waals surface area contributed by atoms with Gasteiger partial charge in [-0.05, 0) is 62.1 Å². The first kappa shape index (κ1) is 16.4. The van der Waals surface area contributed by atoms with E-state index in [0.717, 1.165) is 18.6 Å². The van der Waals surface area contributed by atoms with E-state index in [9.17, 15) is 9.59 Å². The summed E-state index contributed by atoms with van der Waals surface area (Å²) in [5.41, 5.74) is 2.11. The largest absolute Gasteiger partial charge is 0.490 e. The number of aromatic amines is 1. The van der Waals surface area contributed by atoms with Crippen LogP contribution in [0.25, 0.3) is 11.1 Å². The Hall–Kier alpha value is -3.02. The summed E-state index contributed by atoms with van der Waals surface area (Å²) in [6.45, 7) is 0. The van der Waals surface area contributed by atoms with Gasteiger partial charge in [0.1, 0.15) is 5.75 Å². The number of hydrogen-bond acceptors (Lipinski definition) is 4. The highest BCUT2D eigenvalue weighted by atomic mass is 16.5. The van der Waals surface area contributed by atoms with Crippen molar-refractivity contribution in [2.45, 2.75) is 38.2 Å². The summed E-state index contributed by atoms with van der Waals surface area (Å²) in [4.78, 5) is 26.3. The third kappa shape index (κ3) is 3.64. The lowest BCUT2D eigenvalue weighted by atomic mass is 9.98. The number of aromatic nitrogens is 1. The number of hydrogen-bond donors (Lipinski definition) is 2. The van der Waals surface area contributed by atoms with Crippen LogP contribution in [0.5, 0.6) is 5.75 Å². The summed E-state index contributed by atoms with van der Waals surface area (Å²) in [7, 11) is 0. The lowest BCUT2D eigenvalue weighted by molar-refractivity contribution is 0.102. The van der Waals surface area contributed by atoms with Crippen LogP contribution in [0.1, 0.15) is 42.5 Å². The van der Waals surface area contributed by atoms with Crippen LogP contribution < -0.4 is 15.8 Å². The molecule has 0 atom stereocenters. The van der Waals surface area contributed by atoms with E-state index in [2.05, 4.69) is 10.3 Å². The van der Waals surface area contributed by atoms with Crippen LogP contribution in [0.2, 0.25) is 0 Å². The minimum atomic E-state index is -0.518. The van der Waals surface area contributed by atoms with Gasteiger partial charge in [-0.1, -0.05) is 12.5 Å². The molecule has 1 aliphatic carbocycles. The van der Waals surface area contributed by atoms with Crippen molar-refractivity contribution in [2.24, 2.45) is 0 Å². The van der Waals surface area contributed by atoms with Crippen LogP contribution >= 0.6 is 0 Å². The third-order valence-electron chi connectivity index (χ3n) is 4.63. The normalized spacial score (nSPS) is 15.1. The number of fused-ring (bicyclic) bond motifs is 1. The smallest absolute Gasteiger partial charge is 0.417 e. The molecule has 2 aromatic carbocycles. The summed E-state index contributed by atoms with van der Waals surface area (Å²) < 4.78 is 11.0. The van der Waals surface area contributed by atoms with Crippen LogP contribution in [-0.2, 0) is 0 Å². The number of oxazole rings is 1. The molecule has 3 aromatic rings. The molecular weight excluding hydrogens is 332 g/mol. The number of nitrogens with one attached hydrogen (secondary N) is 2. The van der Waals surface area contributed by atoms with Gasteiger partial charge >= 0.3 is 5.76 Å². The molecule has 1 heterocycles. The number of anilines is 1. The Morgan fingerprint density at radius 2 is 1.96 bits per heavy atom. The first-order chi connectivity index (χ1) is 12.7. The van der Waals surface area contributed by atoms with Crippen LogP contribution in [-0.4, -0.2) is 17.0 Å². The fourth-order valence-corrected chi connectivity index (χ4v) is 3.32. The Morgan fingerprint density at radius 3 is 2.81 bits per heavy atom. The lowest BCUT2D eigenvalue weighted by Crippen LogP contribution is -2.20. The van der Waals surface area contributed by atoms with Crippen molar-refractivity contribution in [3.63, 3.8) is 0 Å². The third-order valence-corrected chi connectivity index (χ3v) is 4.63. The van der Waals surface area contributed by atoms with Gasteiger partial charge < -0.3 is 14.5 Å². The van der Waals surface area contributed by atoms with E-state index in [4.69, 9.17) is 9.15 Å². The maximum absolute atomic E-state index is 12.5. The molecular formula is C20H20N2O4. The number of benzene rings is 2. The molecule has 2 N–H and O–H groups in total. The zero-order valence-corrected chi connectivity index (χ0v) is 14.3. The van der Waals surface area contributed by atoms with Gasteiger partial charge in [-0.3, -0.25) is 9.78 Å². The Morgan fingerprint density at radius 1 is 1.12 bits per heavy atom. The van der Waals surface area contributed by atoms with Gasteiger partial charge in [0.25, 0.3) is 5.91 Å². The molecule has 6 heteroatoms. The van der Waals surface area contributed by atoms with Gasteiger partial charge in [-0.25, -0.2) is 4.79 Å². The average Bonchev–Trinajstić information content (AvgIpc) is 3.02. The van der Waals surface area contributed by atoms with Crippen molar-refractivity contribution in [1.29, 1.82) is 0 Å². The number of H-pyrrole nitrogens is 1. The van der Waals surface area contributed by atoms with E-state index in [0.29, 0.717) is 22.4 Å². The number of rotatable bonds is 4. The van der Waals surface area contributed by atoms with E-state index in [1.165, 1.54) is 19.3 Å². The summed E-state index contributed by atoms with van der Waals surface area (Å²) in [6.07, 6.45) is 6.04. The fraction of sp³-hybridized carbons (Fsp3) is 0.300. The summed E-state index contributed by atoms with van der Waals surface area (Å²) >= 11 is 0. The molecule has 0 spiro atoms. The van der Waals surface area contributed by atoms with Gasteiger partial charge in [-0.2, -0.15) is 0 Å². The number of carbonyl (C=O) groups is 1. The van der Waals surface area contributed by atoms with Crippen molar-refractivity contribution in [3.8, 4) is 5.75 Å². The molecule has 0 bridgehead atoms. The molecule has 4 rings (SSSR count). The highest BCUT2D eigenvalue weighted by Crippen LogP contribution is 2.24. The minimum Gasteiger partial charge on any atom is -0.490 e. The second-order valence-electron chi connectivity index (χ2n) is 6.59. The summed E-state index contributed by atoms with van der Waals surface area (Å²) in [5, 5.41) is 2.83. The van der Waals surface area contributed by atoms with Crippen molar-refractivity contribution in [3.05, 3.63) is 58.6 Å². The van der Waals surface area contributed by atoms with Gasteiger partial charge in [0.05, 0.1) is 11.6 Å². The van der Waals surface area contributed by atoms with E-state index < -0.39 is 5.76 Å². The summed E-state index contributed by atoms with van der Waals surface area (Å²) in [5.74, 6) is -0.0282. The topological polar surface area (TPSA) is 84.3 Å². The van der Waals surface area contributed by atoms with Crippen LogP contribution in [0.15, 0.2) is 51.7 Å². The molecule has 6 nitrogen and oxygen atoms in total. The molecule has 0 aliphatic heterocycles. The first-order valence-corrected chi connectivity index (χ1v) is 8.88. The minimum absolute atomic E-state index is 0.232. The number of ether oxygens (including phenoxy) is 1. The molecule has 134 valence electrons. The molecule has 1 aromatic heterocycles. The Labute approximate surface area is 150 Å². The number of amides is 1. The molecule has 0 saturated heterocycles. The lowest BCUT2D eigenvalue weighted by Gasteiger charge is -2.23. The van der Waals surface area contributed by atoms with Gasteiger partial charge in [-0.15, -0.1) is 0 Å². The highest BCUT2D eigenvalue weighted by Gasteiger charge is 2.16. The highest BCUT2D eigenvalue weighted by molar-refractivity contribution is 6.05. The molecule has 0 unspecified atom stereocenters. The van der Waals surface area contributed by atoms with Crippen molar-refractivity contribution < 1.29 is 13.9 Å². The van der Waals surface area contributed by atoms with Gasteiger partial charge in [0, 0.05) is 11.3 Å². The monoisotopic (exact) mass is 352 g/mol. The quantitative estimate of drug-likeness (QED) is 0.741. The van der Waals surface area contributed by atoms with Crippen LogP contribution in [0.3, 0.4) is 0 Å². The van der Waals surface area contributed by atoms with Gasteiger partial charge in [0.2, 0.25) is 0 Å². The second kappa shape index (κ2) is 7.07. The molecule has 26 heavy (non-hydrogen) atoms. The Kier molecular flexibility index (Phi) is 4.48.